The van der Waals surface area contributed by atoms with E-state index in [2.05, 4.69) is 5.32 Å². The third-order valence-electron chi connectivity index (χ3n) is 4.37. The van der Waals surface area contributed by atoms with E-state index >= 15 is 0 Å². The van der Waals surface area contributed by atoms with Gasteiger partial charge in [0, 0.05) is 25.2 Å². The van der Waals surface area contributed by atoms with E-state index in [1.807, 2.05) is 27.7 Å². The number of carbonyl (C=O) groups excluding carboxylic acids is 2. The van der Waals surface area contributed by atoms with E-state index in [0.29, 0.717) is 18.7 Å². The van der Waals surface area contributed by atoms with Gasteiger partial charge in [-0.15, -0.1) is 11.8 Å². The van der Waals surface area contributed by atoms with E-state index in [0.717, 1.165) is 12.1 Å². The number of rotatable bonds is 6. The van der Waals surface area contributed by atoms with Crippen LogP contribution in [0, 0.1) is 0 Å². The lowest BCUT2D eigenvalue weighted by atomic mass is 10.1. The molecule has 156 valence electrons. The van der Waals surface area contributed by atoms with Crippen LogP contribution in [0.1, 0.15) is 44.2 Å². The molecule has 1 aliphatic heterocycles. The van der Waals surface area contributed by atoms with Crippen LogP contribution >= 0.6 is 11.8 Å². The summed E-state index contributed by atoms with van der Waals surface area (Å²) in [5, 5.41) is 2.50. The first-order valence-electron chi connectivity index (χ1n) is 9.16. The number of hydrogen-bond acceptors (Lipinski definition) is 3. The molecule has 0 bridgehead atoms. The molecule has 0 spiro atoms. The minimum atomic E-state index is -4.39. The van der Waals surface area contributed by atoms with Gasteiger partial charge in [-0.3, -0.25) is 4.79 Å². The summed E-state index contributed by atoms with van der Waals surface area (Å²) in [6.45, 7) is 8.21. The van der Waals surface area contributed by atoms with Gasteiger partial charge in [0.05, 0.1) is 11.3 Å². The topological polar surface area (TPSA) is 52.7 Å². The Morgan fingerprint density at radius 1 is 1.25 bits per heavy atom. The zero-order valence-corrected chi connectivity index (χ0v) is 17.2. The van der Waals surface area contributed by atoms with Gasteiger partial charge in [0.1, 0.15) is 5.37 Å². The lowest BCUT2D eigenvalue weighted by Gasteiger charge is -2.31. The fraction of sp³-hybridized carbons (Fsp3) is 0.579. The van der Waals surface area contributed by atoms with Crippen molar-refractivity contribution in [3.05, 3.63) is 35.4 Å². The van der Waals surface area contributed by atoms with Crippen molar-refractivity contribution >= 4 is 23.7 Å². The Morgan fingerprint density at radius 2 is 1.86 bits per heavy atom. The highest BCUT2D eigenvalue weighted by atomic mass is 32.2. The van der Waals surface area contributed by atoms with Crippen molar-refractivity contribution in [2.24, 2.45) is 0 Å². The van der Waals surface area contributed by atoms with Crippen LogP contribution in [0.3, 0.4) is 0 Å². The summed E-state index contributed by atoms with van der Waals surface area (Å²) < 4.78 is 38.3. The predicted octanol–water partition coefficient (Wildman–Crippen LogP) is 4.11. The minimum Gasteiger partial charge on any atom is -0.336 e. The highest BCUT2D eigenvalue weighted by molar-refractivity contribution is 8.00. The summed E-state index contributed by atoms with van der Waals surface area (Å²) in [5.41, 5.74) is -0.0694. The predicted molar refractivity (Wildman–Crippen MR) is 104 cm³/mol. The second-order valence-electron chi connectivity index (χ2n) is 7.26. The number of hydrogen-bond donors (Lipinski definition) is 1. The Bertz CT molecular complexity index is 693. The molecule has 1 aromatic rings. The average molecular weight is 417 g/mol. The largest absolute Gasteiger partial charge is 0.416 e. The van der Waals surface area contributed by atoms with Gasteiger partial charge in [-0.05, 0) is 45.4 Å². The lowest BCUT2D eigenvalue weighted by Crippen LogP contribution is -2.49. The molecular weight excluding hydrogens is 391 g/mol. The van der Waals surface area contributed by atoms with Crippen LogP contribution in [0.25, 0.3) is 0 Å². The van der Waals surface area contributed by atoms with Gasteiger partial charge < -0.3 is 15.1 Å². The number of nitrogens with zero attached hydrogens (tertiary/aromatic N) is 2. The van der Waals surface area contributed by atoms with Crippen molar-refractivity contribution in [2.75, 3.05) is 18.8 Å². The number of amides is 3. The Labute approximate surface area is 167 Å². The maximum Gasteiger partial charge on any atom is 0.416 e. The molecule has 28 heavy (non-hydrogen) atoms. The fourth-order valence-electron chi connectivity index (χ4n) is 2.95. The van der Waals surface area contributed by atoms with Crippen LogP contribution in [-0.4, -0.2) is 52.7 Å². The van der Waals surface area contributed by atoms with Gasteiger partial charge in [0.25, 0.3) is 0 Å². The van der Waals surface area contributed by atoms with Crippen molar-refractivity contribution in [1.82, 2.24) is 15.1 Å². The zero-order chi connectivity index (χ0) is 21.1. The number of halogens is 3. The summed E-state index contributed by atoms with van der Waals surface area (Å²) in [6.07, 6.45) is -4.39. The molecule has 3 amide bonds. The van der Waals surface area contributed by atoms with Gasteiger partial charge in [0.15, 0.2) is 0 Å². The summed E-state index contributed by atoms with van der Waals surface area (Å²) in [6, 6.07) is 4.65. The van der Waals surface area contributed by atoms with Crippen LogP contribution in [0.5, 0.6) is 0 Å². The summed E-state index contributed by atoms with van der Waals surface area (Å²) in [5.74, 6) is 0.189. The third kappa shape index (κ3) is 5.56. The quantitative estimate of drug-likeness (QED) is 0.758. The second-order valence-corrected chi connectivity index (χ2v) is 8.33. The molecule has 1 N–H and O–H groups in total. The number of nitrogens with one attached hydrogen (secondary N) is 1. The van der Waals surface area contributed by atoms with Crippen LogP contribution in [0.4, 0.5) is 18.0 Å². The first-order valence-corrected chi connectivity index (χ1v) is 10.2. The third-order valence-corrected chi connectivity index (χ3v) is 5.63. The number of thioether (sulfide) groups is 1. The second kappa shape index (κ2) is 9.07. The Morgan fingerprint density at radius 3 is 2.36 bits per heavy atom. The van der Waals surface area contributed by atoms with E-state index < -0.39 is 11.7 Å². The number of urea groups is 1. The molecule has 1 saturated heterocycles. The molecule has 2 rings (SSSR count). The molecule has 1 atom stereocenters. The first-order chi connectivity index (χ1) is 13.0. The number of alkyl halides is 3. The Kier molecular flexibility index (Phi) is 7.25. The molecule has 1 fully saturated rings. The minimum absolute atomic E-state index is 0.00220. The zero-order valence-electron chi connectivity index (χ0n) is 16.4. The van der Waals surface area contributed by atoms with Gasteiger partial charge in [0.2, 0.25) is 5.91 Å². The van der Waals surface area contributed by atoms with Crippen LogP contribution in [-0.2, 0) is 11.0 Å². The van der Waals surface area contributed by atoms with Crippen molar-refractivity contribution in [2.45, 2.75) is 51.3 Å². The summed E-state index contributed by atoms with van der Waals surface area (Å²) in [4.78, 5) is 28.0. The normalized spacial score (nSPS) is 17.5. The van der Waals surface area contributed by atoms with Crippen molar-refractivity contribution in [1.29, 1.82) is 0 Å². The van der Waals surface area contributed by atoms with Crippen molar-refractivity contribution in [3.8, 4) is 0 Å². The molecule has 0 aliphatic carbocycles. The van der Waals surface area contributed by atoms with Gasteiger partial charge >= 0.3 is 12.2 Å². The molecule has 0 aromatic heterocycles. The maximum absolute atomic E-state index is 12.8. The highest BCUT2D eigenvalue weighted by Gasteiger charge is 2.35. The van der Waals surface area contributed by atoms with E-state index in [9.17, 15) is 22.8 Å². The molecule has 9 heteroatoms. The highest BCUT2D eigenvalue weighted by Crippen LogP contribution is 2.39. The SMILES string of the molecule is CC(C)NC(=O)N(CCN1C(=O)CS[C@@H]1c1ccc(C(F)(F)F)cc1)C(C)C. The van der Waals surface area contributed by atoms with Gasteiger partial charge in [-0.2, -0.15) is 13.2 Å². The van der Waals surface area contributed by atoms with Gasteiger partial charge in [-0.1, -0.05) is 12.1 Å². The fourth-order valence-corrected chi connectivity index (χ4v) is 4.17. The van der Waals surface area contributed by atoms with Crippen LogP contribution in [0.2, 0.25) is 0 Å². The maximum atomic E-state index is 12.8. The number of benzene rings is 1. The lowest BCUT2D eigenvalue weighted by molar-refractivity contribution is -0.137. The van der Waals surface area contributed by atoms with E-state index in [1.54, 1.807) is 9.80 Å². The summed E-state index contributed by atoms with van der Waals surface area (Å²) >= 11 is 1.38. The number of carbonyl (C=O) groups is 2. The van der Waals surface area contributed by atoms with E-state index in [4.69, 9.17) is 0 Å². The Hall–Kier alpha value is -1.90. The molecule has 1 heterocycles. The monoisotopic (exact) mass is 417 g/mol. The molecule has 0 saturated carbocycles. The molecule has 0 radical (unpaired) electrons. The first kappa shape index (κ1) is 22.4. The molecular formula is C19H26F3N3O2S. The Balaban J connectivity index is 2.10. The standard InChI is InChI=1S/C19H26F3N3O2S/c1-12(2)23-18(27)24(13(3)4)9-10-25-16(26)11-28-17(25)14-5-7-15(8-6-14)19(20,21)22/h5-8,12-13,17H,9-11H2,1-4H3,(H,23,27)/t17-/m1/s1. The molecule has 5 nitrogen and oxygen atoms in total. The van der Waals surface area contributed by atoms with Crippen LogP contribution < -0.4 is 5.32 Å². The molecule has 1 aromatic carbocycles. The van der Waals surface area contributed by atoms with Crippen molar-refractivity contribution in [3.63, 3.8) is 0 Å². The van der Waals surface area contributed by atoms with Crippen molar-refractivity contribution < 1.29 is 22.8 Å². The summed E-state index contributed by atoms with van der Waals surface area (Å²) in [7, 11) is 0. The average Bonchev–Trinajstić information content (AvgIpc) is 2.94. The van der Waals surface area contributed by atoms with Crippen LogP contribution in [0.15, 0.2) is 24.3 Å². The van der Waals surface area contributed by atoms with E-state index in [1.165, 1.54) is 23.9 Å². The molecule has 1 aliphatic rings. The van der Waals surface area contributed by atoms with Gasteiger partial charge in [-0.25, -0.2) is 4.79 Å². The smallest absolute Gasteiger partial charge is 0.336 e. The molecule has 0 unspecified atom stereocenters. The van der Waals surface area contributed by atoms with E-state index in [-0.39, 0.29) is 35.1 Å².